The maximum Gasteiger partial charge on any atom is 0.260 e. The summed E-state index contributed by atoms with van der Waals surface area (Å²) < 4.78 is 11.1. The van der Waals surface area contributed by atoms with Crippen LogP contribution in [0.5, 0.6) is 5.75 Å². The second kappa shape index (κ2) is 9.25. The van der Waals surface area contributed by atoms with Gasteiger partial charge in [0.2, 0.25) is 0 Å². The molecule has 1 atom stereocenters. The van der Waals surface area contributed by atoms with Crippen molar-refractivity contribution < 1.29 is 14.3 Å². The van der Waals surface area contributed by atoms with Crippen LogP contribution in [0.25, 0.3) is 0 Å². The van der Waals surface area contributed by atoms with Crippen molar-refractivity contribution in [3.8, 4) is 5.75 Å². The molecule has 1 aromatic rings. The van der Waals surface area contributed by atoms with Crippen molar-refractivity contribution >= 4 is 17.5 Å². The predicted molar refractivity (Wildman–Crippen MR) is 95.9 cm³/mol. The molecule has 1 heterocycles. The number of halogens is 1. The summed E-state index contributed by atoms with van der Waals surface area (Å²) in [6, 6.07) is 3.72. The minimum atomic E-state index is -0.534. The predicted octanol–water partition coefficient (Wildman–Crippen LogP) is 2.56. The number of carbonyl (C=O) groups excluding carboxylic acids is 1. The molecule has 0 unspecified atom stereocenters. The van der Waals surface area contributed by atoms with E-state index in [-0.39, 0.29) is 5.91 Å². The van der Waals surface area contributed by atoms with Crippen LogP contribution in [0.4, 0.5) is 0 Å². The van der Waals surface area contributed by atoms with Gasteiger partial charge in [-0.2, -0.15) is 0 Å². The third kappa shape index (κ3) is 5.65. The molecule has 0 radical (unpaired) electrons. The molecule has 5 nitrogen and oxygen atoms in total. The van der Waals surface area contributed by atoms with Crippen LogP contribution in [-0.4, -0.2) is 56.3 Å². The van der Waals surface area contributed by atoms with E-state index in [0.29, 0.717) is 12.3 Å². The van der Waals surface area contributed by atoms with E-state index in [1.54, 1.807) is 6.92 Å². The third-order valence-electron chi connectivity index (χ3n) is 4.15. The highest BCUT2D eigenvalue weighted by Gasteiger charge is 2.15. The molecule has 1 aliphatic rings. The molecule has 0 aromatic heterocycles. The van der Waals surface area contributed by atoms with E-state index in [0.717, 1.165) is 55.4 Å². The summed E-state index contributed by atoms with van der Waals surface area (Å²) in [7, 11) is 0. The quantitative estimate of drug-likeness (QED) is 0.765. The first-order valence-corrected chi connectivity index (χ1v) is 8.86. The number of amides is 1. The van der Waals surface area contributed by atoms with Crippen LogP contribution in [-0.2, 0) is 9.53 Å². The number of rotatable bonds is 7. The Morgan fingerprint density at radius 1 is 1.33 bits per heavy atom. The Kier molecular flexibility index (Phi) is 7.34. The van der Waals surface area contributed by atoms with E-state index in [9.17, 15) is 4.79 Å². The largest absolute Gasteiger partial charge is 0.481 e. The van der Waals surface area contributed by atoms with Gasteiger partial charge in [0.15, 0.2) is 6.10 Å². The van der Waals surface area contributed by atoms with Crippen molar-refractivity contribution in [2.75, 3.05) is 39.4 Å². The maximum absolute atomic E-state index is 12.1. The molecule has 134 valence electrons. The number of nitrogens with one attached hydrogen (secondary N) is 1. The summed E-state index contributed by atoms with van der Waals surface area (Å²) in [5, 5.41) is 3.67. The van der Waals surface area contributed by atoms with E-state index in [1.807, 2.05) is 26.0 Å². The van der Waals surface area contributed by atoms with Gasteiger partial charge in [0, 0.05) is 24.7 Å². The topological polar surface area (TPSA) is 50.8 Å². The monoisotopic (exact) mass is 354 g/mol. The summed E-state index contributed by atoms with van der Waals surface area (Å²) in [5.74, 6) is 0.576. The van der Waals surface area contributed by atoms with Crippen molar-refractivity contribution in [2.24, 2.45) is 0 Å². The highest BCUT2D eigenvalue weighted by Crippen LogP contribution is 2.26. The lowest BCUT2D eigenvalue weighted by atomic mass is 10.1. The van der Waals surface area contributed by atoms with Gasteiger partial charge >= 0.3 is 0 Å². The summed E-state index contributed by atoms with van der Waals surface area (Å²) in [6.45, 7) is 10.8. The molecule has 1 saturated heterocycles. The molecular weight excluding hydrogens is 328 g/mol. The first-order valence-electron chi connectivity index (χ1n) is 8.48. The van der Waals surface area contributed by atoms with Crippen LogP contribution in [0.3, 0.4) is 0 Å². The van der Waals surface area contributed by atoms with Crippen LogP contribution >= 0.6 is 11.6 Å². The average Bonchev–Trinajstić information content (AvgIpc) is 2.57. The van der Waals surface area contributed by atoms with E-state index in [2.05, 4.69) is 10.2 Å². The molecule has 1 aromatic carbocycles. The molecule has 1 N–H and O–H groups in total. The van der Waals surface area contributed by atoms with E-state index >= 15 is 0 Å². The standard InChI is InChI=1S/C18H27ClN2O3/c1-13-11-16(12-14(2)17(13)19)24-15(3)18(22)20-5-4-6-21-7-9-23-10-8-21/h11-12,15H,4-10H2,1-3H3,(H,20,22)/t15-/m1/s1. The van der Waals surface area contributed by atoms with Gasteiger partial charge in [-0.3, -0.25) is 9.69 Å². The lowest BCUT2D eigenvalue weighted by molar-refractivity contribution is -0.127. The molecule has 0 bridgehead atoms. The number of hydrogen-bond donors (Lipinski definition) is 1. The molecule has 0 spiro atoms. The third-order valence-corrected chi connectivity index (χ3v) is 4.74. The lowest BCUT2D eigenvalue weighted by Gasteiger charge is -2.26. The van der Waals surface area contributed by atoms with E-state index in [1.165, 1.54) is 0 Å². The molecule has 0 saturated carbocycles. The molecule has 6 heteroatoms. The minimum absolute atomic E-state index is 0.0952. The van der Waals surface area contributed by atoms with Gasteiger partial charge in [-0.15, -0.1) is 0 Å². The second-order valence-electron chi connectivity index (χ2n) is 6.23. The zero-order valence-electron chi connectivity index (χ0n) is 14.7. The molecule has 0 aliphatic carbocycles. The van der Waals surface area contributed by atoms with Gasteiger partial charge in [-0.1, -0.05) is 11.6 Å². The number of nitrogens with zero attached hydrogens (tertiary/aromatic N) is 1. The number of ether oxygens (including phenoxy) is 2. The molecule has 1 amide bonds. The smallest absolute Gasteiger partial charge is 0.260 e. The van der Waals surface area contributed by atoms with Crippen molar-refractivity contribution in [2.45, 2.75) is 33.3 Å². The zero-order valence-corrected chi connectivity index (χ0v) is 15.5. The Morgan fingerprint density at radius 3 is 2.58 bits per heavy atom. The van der Waals surface area contributed by atoms with Gasteiger partial charge in [-0.05, 0) is 57.0 Å². The Labute approximate surface area is 149 Å². The molecule has 2 rings (SSSR count). The van der Waals surface area contributed by atoms with Gasteiger partial charge in [0.25, 0.3) is 5.91 Å². The Balaban J connectivity index is 1.71. The van der Waals surface area contributed by atoms with Gasteiger partial charge in [-0.25, -0.2) is 0 Å². The Hall–Kier alpha value is -1.30. The Morgan fingerprint density at radius 2 is 1.96 bits per heavy atom. The fourth-order valence-corrected chi connectivity index (χ4v) is 2.82. The van der Waals surface area contributed by atoms with Crippen LogP contribution in [0.15, 0.2) is 12.1 Å². The van der Waals surface area contributed by atoms with Gasteiger partial charge in [0.05, 0.1) is 13.2 Å². The van der Waals surface area contributed by atoms with Gasteiger partial charge in [0.1, 0.15) is 5.75 Å². The highest BCUT2D eigenvalue weighted by molar-refractivity contribution is 6.32. The number of carbonyl (C=O) groups is 1. The second-order valence-corrected chi connectivity index (χ2v) is 6.61. The first kappa shape index (κ1) is 19.0. The van der Waals surface area contributed by atoms with Crippen molar-refractivity contribution in [1.29, 1.82) is 0 Å². The van der Waals surface area contributed by atoms with E-state index < -0.39 is 6.10 Å². The summed E-state index contributed by atoms with van der Waals surface area (Å²) >= 11 is 6.15. The van der Waals surface area contributed by atoms with Crippen molar-refractivity contribution in [3.05, 3.63) is 28.3 Å². The average molecular weight is 355 g/mol. The number of hydrogen-bond acceptors (Lipinski definition) is 4. The van der Waals surface area contributed by atoms with Crippen LogP contribution in [0, 0.1) is 13.8 Å². The Bertz CT molecular complexity index is 536. The molecule has 1 fully saturated rings. The maximum atomic E-state index is 12.1. The van der Waals surface area contributed by atoms with Crippen LogP contribution in [0.1, 0.15) is 24.5 Å². The molecule has 24 heavy (non-hydrogen) atoms. The van der Waals surface area contributed by atoms with Gasteiger partial charge < -0.3 is 14.8 Å². The highest BCUT2D eigenvalue weighted by atomic mass is 35.5. The normalized spacial score (nSPS) is 16.7. The van der Waals surface area contributed by atoms with E-state index in [4.69, 9.17) is 21.1 Å². The number of morpholine rings is 1. The van der Waals surface area contributed by atoms with Crippen molar-refractivity contribution in [3.63, 3.8) is 0 Å². The first-order chi connectivity index (χ1) is 11.5. The summed E-state index contributed by atoms with van der Waals surface area (Å²) in [4.78, 5) is 14.5. The summed E-state index contributed by atoms with van der Waals surface area (Å²) in [5.41, 5.74) is 1.90. The summed E-state index contributed by atoms with van der Waals surface area (Å²) in [6.07, 6.45) is 0.394. The zero-order chi connectivity index (χ0) is 17.5. The fraction of sp³-hybridized carbons (Fsp3) is 0.611. The molecular formula is C18H27ClN2O3. The SMILES string of the molecule is Cc1cc(O[C@H](C)C(=O)NCCCN2CCOCC2)cc(C)c1Cl. The van der Waals surface area contributed by atoms with Crippen LogP contribution in [0.2, 0.25) is 5.02 Å². The minimum Gasteiger partial charge on any atom is -0.481 e. The fourth-order valence-electron chi connectivity index (χ4n) is 2.71. The molecule has 1 aliphatic heterocycles. The number of benzene rings is 1. The lowest BCUT2D eigenvalue weighted by Crippen LogP contribution is -2.40. The van der Waals surface area contributed by atoms with Crippen LogP contribution < -0.4 is 10.1 Å². The number of aryl methyl sites for hydroxylation is 2. The van der Waals surface area contributed by atoms with Crippen molar-refractivity contribution in [1.82, 2.24) is 10.2 Å².